The number of aryl methyl sites for hydroxylation is 1. The van der Waals surface area contributed by atoms with Crippen molar-refractivity contribution in [2.45, 2.75) is 6.42 Å². The summed E-state index contributed by atoms with van der Waals surface area (Å²) in [5.41, 5.74) is 11.7. The molecule has 0 radical (unpaired) electrons. The minimum absolute atomic E-state index is 0.920. The fraction of sp³-hybridized carbons (Fsp3) is 0.0435. The second kappa shape index (κ2) is 10.4. The van der Waals surface area contributed by atoms with Crippen molar-refractivity contribution >= 4 is 65.3 Å². The number of hydrogen-bond acceptors (Lipinski definition) is 1. The lowest BCUT2D eigenvalue weighted by Crippen LogP contribution is -1.91. The zero-order valence-corrected chi connectivity index (χ0v) is 26.6. The molecule has 2 aromatic heterocycles. The molecule has 0 bridgehead atoms. The van der Waals surface area contributed by atoms with E-state index >= 15 is 0 Å². The van der Waals surface area contributed by atoms with Crippen LogP contribution in [0, 0.1) is 0 Å². The molecule has 10 rings (SSSR count). The number of nitrogens with zero attached hydrogens (tertiary/aromatic N) is 1. The lowest BCUT2D eigenvalue weighted by atomic mass is 9.91. The van der Waals surface area contributed by atoms with Gasteiger partial charge in [-0.1, -0.05) is 121 Å². The van der Waals surface area contributed by atoms with Gasteiger partial charge in [0.2, 0.25) is 0 Å². The van der Waals surface area contributed by atoms with Crippen LogP contribution in [0.3, 0.4) is 0 Å². The summed E-state index contributed by atoms with van der Waals surface area (Å²) in [4.78, 5) is 0. The number of furan rings is 1. The van der Waals surface area contributed by atoms with Crippen LogP contribution in [0.4, 0.5) is 0 Å². The second-order valence-electron chi connectivity index (χ2n) is 13.0. The number of hydrogen-bond donors (Lipinski definition) is 0. The molecule has 2 heteroatoms. The topological polar surface area (TPSA) is 18.1 Å². The molecular formula is C46H31NO. The Morgan fingerprint density at radius 2 is 1.08 bits per heavy atom. The third-order valence-corrected chi connectivity index (χ3v) is 10.2. The van der Waals surface area contributed by atoms with Gasteiger partial charge in [-0.15, -0.1) is 0 Å². The molecule has 0 atom stereocenters. The summed E-state index contributed by atoms with van der Waals surface area (Å²) in [5, 5.41) is 10.0. The van der Waals surface area contributed by atoms with Crippen LogP contribution in [0.1, 0.15) is 11.1 Å². The molecular weight excluding hydrogens is 583 g/mol. The van der Waals surface area contributed by atoms with Gasteiger partial charge >= 0.3 is 0 Å². The van der Waals surface area contributed by atoms with Crippen LogP contribution < -0.4 is 0 Å². The molecule has 0 saturated carbocycles. The van der Waals surface area contributed by atoms with E-state index in [1.807, 2.05) is 12.1 Å². The molecule has 0 aliphatic rings. The normalized spacial score (nSPS) is 11.9. The van der Waals surface area contributed by atoms with Gasteiger partial charge in [-0.2, -0.15) is 0 Å². The number of aromatic nitrogens is 1. The highest BCUT2D eigenvalue weighted by Gasteiger charge is 2.16. The highest BCUT2D eigenvalue weighted by atomic mass is 16.3. The standard InChI is InChI=1S/C46H31NO/c1-47-43-22-20-31(30-18-19-32-25-34(24-29-10-3-2-4-11-29)35-12-5-6-13-37(35)40(32)26-30)27-41(43)42-28-33(21-23-44(42)47)36-15-9-16-39-38-14-7-8-17-45(38)48-46(36)39/h2-23,25-28H,24H2,1H3. The summed E-state index contributed by atoms with van der Waals surface area (Å²) in [6.07, 6.45) is 0.920. The van der Waals surface area contributed by atoms with E-state index in [-0.39, 0.29) is 0 Å². The molecule has 0 aliphatic carbocycles. The smallest absolute Gasteiger partial charge is 0.143 e. The molecule has 0 unspecified atom stereocenters. The van der Waals surface area contributed by atoms with Crippen molar-refractivity contribution in [2.24, 2.45) is 7.05 Å². The third-order valence-electron chi connectivity index (χ3n) is 10.2. The van der Waals surface area contributed by atoms with E-state index in [2.05, 4.69) is 157 Å². The van der Waals surface area contributed by atoms with Crippen molar-refractivity contribution in [1.29, 1.82) is 0 Å². The second-order valence-corrected chi connectivity index (χ2v) is 13.0. The summed E-state index contributed by atoms with van der Waals surface area (Å²) < 4.78 is 8.72. The van der Waals surface area contributed by atoms with Crippen LogP contribution >= 0.6 is 0 Å². The summed E-state index contributed by atoms with van der Waals surface area (Å²) in [5.74, 6) is 0. The lowest BCUT2D eigenvalue weighted by Gasteiger charge is -2.13. The molecule has 0 fully saturated rings. The quantitative estimate of drug-likeness (QED) is 0.181. The Morgan fingerprint density at radius 3 is 1.90 bits per heavy atom. The van der Waals surface area contributed by atoms with E-state index in [9.17, 15) is 0 Å². The molecule has 2 heterocycles. The lowest BCUT2D eigenvalue weighted by molar-refractivity contribution is 0.670. The van der Waals surface area contributed by atoms with Gasteiger partial charge in [-0.05, 0) is 92.2 Å². The number of rotatable bonds is 4. The number of benzene rings is 8. The molecule has 48 heavy (non-hydrogen) atoms. The summed E-state index contributed by atoms with van der Waals surface area (Å²) in [6, 6.07) is 57.5. The average molecular weight is 614 g/mol. The molecule has 0 spiro atoms. The van der Waals surface area contributed by atoms with Gasteiger partial charge in [0.1, 0.15) is 11.2 Å². The molecule has 0 aliphatic heterocycles. The first kappa shape index (κ1) is 27.0. The van der Waals surface area contributed by atoms with Crippen molar-refractivity contribution in [3.8, 4) is 22.3 Å². The summed E-state index contributed by atoms with van der Waals surface area (Å²) in [7, 11) is 2.17. The monoisotopic (exact) mass is 613 g/mol. The SMILES string of the molecule is Cn1c2ccc(-c3ccc4cc(Cc5ccccc5)c5ccccc5c4c3)cc2c2cc(-c3cccc4c3oc3ccccc34)ccc21. The van der Waals surface area contributed by atoms with Gasteiger partial charge in [0.05, 0.1) is 0 Å². The van der Waals surface area contributed by atoms with Crippen LogP contribution in [0.25, 0.3) is 87.5 Å². The molecule has 0 N–H and O–H groups in total. The van der Waals surface area contributed by atoms with Crippen molar-refractivity contribution in [2.75, 3.05) is 0 Å². The van der Waals surface area contributed by atoms with Crippen LogP contribution in [0.15, 0.2) is 162 Å². The predicted molar refractivity (Wildman–Crippen MR) is 203 cm³/mol. The van der Waals surface area contributed by atoms with E-state index < -0.39 is 0 Å². The van der Waals surface area contributed by atoms with E-state index in [0.717, 1.165) is 39.5 Å². The van der Waals surface area contributed by atoms with Crippen molar-refractivity contribution in [3.63, 3.8) is 0 Å². The van der Waals surface area contributed by atoms with Gasteiger partial charge in [0, 0.05) is 45.2 Å². The van der Waals surface area contributed by atoms with E-state index in [1.165, 1.54) is 65.6 Å². The van der Waals surface area contributed by atoms with Crippen molar-refractivity contribution < 1.29 is 4.42 Å². The van der Waals surface area contributed by atoms with E-state index in [0.29, 0.717) is 0 Å². The van der Waals surface area contributed by atoms with Gasteiger partial charge < -0.3 is 8.98 Å². The first-order valence-corrected chi connectivity index (χ1v) is 16.6. The van der Waals surface area contributed by atoms with Gasteiger partial charge in [-0.25, -0.2) is 0 Å². The first-order valence-electron chi connectivity index (χ1n) is 16.6. The van der Waals surface area contributed by atoms with Gasteiger partial charge in [0.25, 0.3) is 0 Å². The number of para-hydroxylation sites is 2. The molecule has 0 saturated heterocycles. The number of fused-ring (bicyclic) bond motifs is 9. The zero-order valence-electron chi connectivity index (χ0n) is 26.6. The van der Waals surface area contributed by atoms with Crippen molar-refractivity contribution in [3.05, 3.63) is 169 Å². The van der Waals surface area contributed by atoms with Crippen LogP contribution in [0.5, 0.6) is 0 Å². The van der Waals surface area contributed by atoms with Gasteiger partial charge in [-0.3, -0.25) is 0 Å². The summed E-state index contributed by atoms with van der Waals surface area (Å²) >= 11 is 0. The van der Waals surface area contributed by atoms with E-state index in [1.54, 1.807) is 0 Å². The Hall–Kier alpha value is -6.12. The molecule has 2 nitrogen and oxygen atoms in total. The van der Waals surface area contributed by atoms with Crippen LogP contribution in [-0.2, 0) is 13.5 Å². The third kappa shape index (κ3) is 4.13. The Kier molecular flexibility index (Phi) is 5.89. The fourth-order valence-corrected chi connectivity index (χ4v) is 7.86. The van der Waals surface area contributed by atoms with Gasteiger partial charge in [0.15, 0.2) is 0 Å². The highest BCUT2D eigenvalue weighted by molar-refractivity contribution is 6.14. The Morgan fingerprint density at radius 1 is 0.458 bits per heavy atom. The Balaban J connectivity index is 1.12. The Labute approximate surface area is 278 Å². The zero-order chi connectivity index (χ0) is 31.8. The van der Waals surface area contributed by atoms with E-state index in [4.69, 9.17) is 4.42 Å². The minimum Gasteiger partial charge on any atom is -0.455 e. The highest BCUT2D eigenvalue weighted by Crippen LogP contribution is 2.40. The molecule has 10 aromatic rings. The maximum absolute atomic E-state index is 6.42. The maximum Gasteiger partial charge on any atom is 0.143 e. The molecule has 8 aromatic carbocycles. The fourth-order valence-electron chi connectivity index (χ4n) is 7.86. The maximum atomic E-state index is 6.42. The predicted octanol–water partition coefficient (Wildman–Crippen LogP) is 12.5. The van der Waals surface area contributed by atoms with Crippen molar-refractivity contribution in [1.82, 2.24) is 4.57 Å². The summed E-state index contributed by atoms with van der Waals surface area (Å²) in [6.45, 7) is 0. The minimum atomic E-state index is 0.920. The average Bonchev–Trinajstić information content (AvgIpc) is 3.66. The first-order chi connectivity index (χ1) is 23.7. The largest absolute Gasteiger partial charge is 0.455 e. The molecule has 226 valence electrons. The van der Waals surface area contributed by atoms with Crippen LogP contribution in [-0.4, -0.2) is 4.57 Å². The Bertz CT molecular complexity index is 2870. The van der Waals surface area contributed by atoms with Crippen LogP contribution in [0.2, 0.25) is 0 Å². The molecule has 0 amide bonds.